The van der Waals surface area contributed by atoms with E-state index in [0.717, 1.165) is 13.1 Å². The van der Waals surface area contributed by atoms with E-state index in [1.165, 1.54) is 18.4 Å². The van der Waals surface area contributed by atoms with E-state index in [4.69, 9.17) is 5.73 Å². The quantitative estimate of drug-likeness (QED) is 0.781. The second-order valence-corrected chi connectivity index (χ2v) is 4.27. The highest BCUT2D eigenvalue weighted by atomic mass is 15.2. The minimum atomic E-state index is 0.315. The van der Waals surface area contributed by atoms with Gasteiger partial charge in [0.1, 0.15) is 0 Å². The van der Waals surface area contributed by atoms with E-state index in [-0.39, 0.29) is 0 Å². The van der Waals surface area contributed by atoms with Gasteiger partial charge in [0.2, 0.25) is 0 Å². The van der Waals surface area contributed by atoms with E-state index in [1.54, 1.807) is 0 Å². The molecule has 0 heterocycles. The minimum absolute atomic E-state index is 0.315. The van der Waals surface area contributed by atoms with Crippen molar-refractivity contribution in [2.75, 3.05) is 13.6 Å². The Balaban J connectivity index is 1.98. The first kappa shape index (κ1) is 9.69. The van der Waals surface area contributed by atoms with Gasteiger partial charge in [0.05, 0.1) is 0 Å². The number of rotatable bonds is 4. The lowest BCUT2D eigenvalue weighted by molar-refractivity contribution is 0.218. The van der Waals surface area contributed by atoms with Crippen LogP contribution >= 0.6 is 0 Å². The molecule has 1 saturated carbocycles. The molecule has 1 fully saturated rings. The van der Waals surface area contributed by atoms with Gasteiger partial charge in [-0.05, 0) is 25.5 Å². The van der Waals surface area contributed by atoms with Gasteiger partial charge in [-0.3, -0.25) is 4.90 Å². The van der Waals surface area contributed by atoms with Crippen LogP contribution in [0, 0.1) is 0 Å². The Morgan fingerprint density at radius 1 is 1.29 bits per heavy atom. The maximum Gasteiger partial charge on any atom is 0.0333 e. The van der Waals surface area contributed by atoms with Crippen LogP contribution in [0.4, 0.5) is 0 Å². The molecular formula is C12H18N2. The van der Waals surface area contributed by atoms with E-state index in [9.17, 15) is 0 Å². The Morgan fingerprint density at radius 2 is 1.93 bits per heavy atom. The zero-order valence-corrected chi connectivity index (χ0v) is 8.74. The van der Waals surface area contributed by atoms with Gasteiger partial charge in [-0.1, -0.05) is 30.3 Å². The predicted octanol–water partition coefficient (Wildman–Crippen LogP) is 1.61. The molecule has 2 N–H and O–H groups in total. The number of nitrogens with zero attached hydrogens (tertiary/aromatic N) is 1. The van der Waals surface area contributed by atoms with Crippen LogP contribution < -0.4 is 5.73 Å². The topological polar surface area (TPSA) is 29.3 Å². The molecule has 1 aromatic rings. The largest absolute Gasteiger partial charge is 0.329 e. The molecule has 0 aliphatic heterocycles. The molecule has 0 aromatic heterocycles. The monoisotopic (exact) mass is 190 g/mol. The van der Waals surface area contributed by atoms with Crippen LogP contribution in [0.3, 0.4) is 0 Å². The summed E-state index contributed by atoms with van der Waals surface area (Å²) in [6.07, 6.45) is 2.51. The summed E-state index contributed by atoms with van der Waals surface area (Å²) in [5, 5.41) is 0. The summed E-state index contributed by atoms with van der Waals surface area (Å²) in [5.41, 5.74) is 7.47. The molecule has 2 nitrogen and oxygen atoms in total. The van der Waals surface area contributed by atoms with Gasteiger partial charge in [0, 0.05) is 18.6 Å². The smallest absolute Gasteiger partial charge is 0.0333 e. The fraction of sp³-hybridized carbons (Fsp3) is 0.500. The summed E-state index contributed by atoms with van der Waals surface area (Å²) in [7, 11) is 2.17. The molecule has 0 atom stereocenters. The Kier molecular flexibility index (Phi) is 2.57. The maximum atomic E-state index is 5.78. The number of hydrogen-bond donors (Lipinski definition) is 1. The molecule has 1 aliphatic rings. The van der Waals surface area contributed by atoms with Gasteiger partial charge < -0.3 is 5.73 Å². The summed E-state index contributed by atoms with van der Waals surface area (Å²) in [6.45, 7) is 1.80. The molecule has 2 heteroatoms. The zero-order chi connectivity index (χ0) is 10.0. The molecule has 1 aromatic carbocycles. The first-order valence-corrected chi connectivity index (χ1v) is 5.22. The van der Waals surface area contributed by atoms with Gasteiger partial charge in [0.25, 0.3) is 0 Å². The summed E-state index contributed by atoms with van der Waals surface area (Å²) >= 11 is 0. The van der Waals surface area contributed by atoms with Crippen molar-refractivity contribution in [3.63, 3.8) is 0 Å². The first-order valence-electron chi connectivity index (χ1n) is 5.22. The van der Waals surface area contributed by atoms with Gasteiger partial charge in [-0.15, -0.1) is 0 Å². The summed E-state index contributed by atoms with van der Waals surface area (Å²) in [4.78, 5) is 2.39. The van der Waals surface area contributed by atoms with Gasteiger partial charge >= 0.3 is 0 Å². The van der Waals surface area contributed by atoms with Crippen LogP contribution in [0.15, 0.2) is 30.3 Å². The summed E-state index contributed by atoms with van der Waals surface area (Å²) < 4.78 is 0. The fourth-order valence-corrected chi connectivity index (χ4v) is 1.91. The molecule has 0 bridgehead atoms. The highest BCUT2D eigenvalue weighted by Crippen LogP contribution is 2.40. The molecule has 0 radical (unpaired) electrons. The van der Waals surface area contributed by atoms with E-state index in [2.05, 4.69) is 42.3 Å². The van der Waals surface area contributed by atoms with Crippen LogP contribution in [0.2, 0.25) is 0 Å². The molecular weight excluding hydrogens is 172 g/mol. The lowest BCUT2D eigenvalue weighted by Crippen LogP contribution is -2.39. The normalized spacial score (nSPS) is 18.5. The van der Waals surface area contributed by atoms with Gasteiger partial charge in [-0.25, -0.2) is 0 Å². The molecule has 76 valence electrons. The molecule has 2 rings (SSSR count). The fourth-order valence-electron chi connectivity index (χ4n) is 1.91. The van der Waals surface area contributed by atoms with Crippen molar-refractivity contribution in [2.45, 2.75) is 24.9 Å². The molecule has 0 spiro atoms. The summed E-state index contributed by atoms with van der Waals surface area (Å²) in [5.74, 6) is 0. The minimum Gasteiger partial charge on any atom is -0.329 e. The lowest BCUT2D eigenvalue weighted by Gasteiger charge is -2.26. The summed E-state index contributed by atoms with van der Waals surface area (Å²) in [6, 6.07) is 10.6. The number of hydrogen-bond acceptors (Lipinski definition) is 2. The van der Waals surface area contributed by atoms with Crippen LogP contribution in [0.25, 0.3) is 0 Å². The van der Waals surface area contributed by atoms with E-state index in [0.29, 0.717) is 5.54 Å². The van der Waals surface area contributed by atoms with E-state index >= 15 is 0 Å². The first-order chi connectivity index (χ1) is 6.77. The highest BCUT2D eigenvalue weighted by Gasteiger charge is 2.44. The van der Waals surface area contributed by atoms with Crippen molar-refractivity contribution in [2.24, 2.45) is 5.73 Å². The second-order valence-electron chi connectivity index (χ2n) is 4.27. The zero-order valence-electron chi connectivity index (χ0n) is 8.74. The van der Waals surface area contributed by atoms with Crippen LogP contribution in [0.1, 0.15) is 18.4 Å². The molecule has 14 heavy (non-hydrogen) atoms. The maximum absolute atomic E-state index is 5.78. The highest BCUT2D eigenvalue weighted by molar-refractivity contribution is 5.16. The van der Waals surface area contributed by atoms with Gasteiger partial charge in [-0.2, -0.15) is 0 Å². The lowest BCUT2D eigenvalue weighted by atomic mass is 10.1. The third-order valence-corrected chi connectivity index (χ3v) is 3.28. The standard InChI is InChI=1S/C12H18N2/c1-14(12(10-13)7-8-12)9-11-5-3-2-4-6-11/h2-6H,7-10,13H2,1H3. The average molecular weight is 190 g/mol. The van der Waals surface area contributed by atoms with Crippen LogP contribution in [-0.4, -0.2) is 24.0 Å². The Bertz CT molecular complexity index is 290. The SMILES string of the molecule is CN(Cc1ccccc1)C1(CN)CC1. The number of likely N-dealkylation sites (N-methyl/N-ethyl adjacent to an activating group) is 1. The Labute approximate surface area is 85.7 Å². The van der Waals surface area contributed by atoms with Crippen molar-refractivity contribution in [1.82, 2.24) is 4.90 Å². The molecule has 0 saturated heterocycles. The Hall–Kier alpha value is -0.860. The van der Waals surface area contributed by atoms with Crippen molar-refractivity contribution >= 4 is 0 Å². The predicted molar refractivity (Wildman–Crippen MR) is 58.9 cm³/mol. The van der Waals surface area contributed by atoms with Crippen molar-refractivity contribution in [1.29, 1.82) is 0 Å². The average Bonchev–Trinajstić information content (AvgIpc) is 3.00. The van der Waals surface area contributed by atoms with E-state index < -0.39 is 0 Å². The van der Waals surface area contributed by atoms with Gasteiger partial charge in [0.15, 0.2) is 0 Å². The number of benzene rings is 1. The van der Waals surface area contributed by atoms with E-state index in [1.807, 2.05) is 0 Å². The molecule has 1 aliphatic carbocycles. The van der Waals surface area contributed by atoms with Crippen LogP contribution in [0.5, 0.6) is 0 Å². The Morgan fingerprint density at radius 3 is 2.43 bits per heavy atom. The van der Waals surface area contributed by atoms with Crippen molar-refractivity contribution < 1.29 is 0 Å². The molecule has 0 amide bonds. The van der Waals surface area contributed by atoms with Crippen molar-refractivity contribution in [3.8, 4) is 0 Å². The van der Waals surface area contributed by atoms with Crippen LogP contribution in [-0.2, 0) is 6.54 Å². The third kappa shape index (κ3) is 1.81. The third-order valence-electron chi connectivity index (χ3n) is 3.28. The second kappa shape index (κ2) is 3.71. The number of nitrogens with two attached hydrogens (primary N) is 1. The van der Waals surface area contributed by atoms with Crippen molar-refractivity contribution in [3.05, 3.63) is 35.9 Å². The molecule has 0 unspecified atom stereocenters.